The number of rotatable bonds is 4. The lowest BCUT2D eigenvalue weighted by molar-refractivity contribution is -0.137. The van der Waals surface area contributed by atoms with Gasteiger partial charge in [-0.1, -0.05) is 0 Å². The van der Waals surface area contributed by atoms with Gasteiger partial charge < -0.3 is 15.0 Å². The molecule has 2 rings (SSSR count). The van der Waals surface area contributed by atoms with Crippen LogP contribution in [0, 0.1) is 6.92 Å². The Morgan fingerprint density at radius 1 is 1.35 bits per heavy atom. The molecular weight excluding hydrogens is 260 g/mol. The quantitative estimate of drug-likeness (QED) is 0.870. The zero-order chi connectivity index (χ0) is 14.9. The van der Waals surface area contributed by atoms with Gasteiger partial charge in [-0.3, -0.25) is 14.4 Å². The first-order valence-corrected chi connectivity index (χ1v) is 6.71. The molecule has 0 bridgehead atoms. The van der Waals surface area contributed by atoms with Crippen molar-refractivity contribution in [1.82, 2.24) is 9.88 Å². The minimum Gasteiger partial charge on any atom is -0.480 e. The maximum absolute atomic E-state index is 12.4. The Balaban J connectivity index is 2.35. The van der Waals surface area contributed by atoms with Crippen molar-refractivity contribution in [3.8, 4) is 0 Å². The molecule has 6 nitrogen and oxygen atoms in total. The molecule has 20 heavy (non-hydrogen) atoms. The van der Waals surface area contributed by atoms with Crippen molar-refractivity contribution in [2.75, 3.05) is 13.1 Å². The van der Waals surface area contributed by atoms with E-state index in [1.54, 1.807) is 13.8 Å². The van der Waals surface area contributed by atoms with E-state index in [1.165, 1.54) is 4.90 Å². The molecule has 2 N–H and O–H groups in total. The molecule has 0 radical (unpaired) electrons. The Morgan fingerprint density at radius 2 is 2.05 bits per heavy atom. The monoisotopic (exact) mass is 278 g/mol. The normalized spacial score (nSPS) is 14.0. The number of carboxylic acid groups (broad SMARTS) is 1. The Labute approximate surface area is 116 Å². The van der Waals surface area contributed by atoms with E-state index in [4.69, 9.17) is 5.11 Å². The number of amides is 1. The smallest absolute Gasteiger partial charge is 0.323 e. The van der Waals surface area contributed by atoms with Crippen LogP contribution in [0.25, 0.3) is 0 Å². The average Bonchev–Trinajstić information content (AvgIpc) is 2.73. The van der Waals surface area contributed by atoms with Crippen LogP contribution in [-0.4, -0.2) is 45.7 Å². The van der Waals surface area contributed by atoms with Gasteiger partial charge in [-0.2, -0.15) is 0 Å². The first-order valence-electron chi connectivity index (χ1n) is 6.71. The number of Topliss-reactive ketones (excluding diaryl/α,β-unsaturated/α-hetero) is 1. The van der Waals surface area contributed by atoms with Gasteiger partial charge in [-0.15, -0.1) is 0 Å². The molecule has 0 aromatic carbocycles. The SMILES string of the molecule is CCN(CC(=O)O)C(=O)c1[nH]c2c(c1C)C(=O)CCC2. The molecule has 1 aromatic heterocycles. The number of H-pyrrole nitrogens is 1. The molecule has 0 spiro atoms. The van der Waals surface area contributed by atoms with Gasteiger partial charge >= 0.3 is 5.97 Å². The van der Waals surface area contributed by atoms with Gasteiger partial charge in [0.15, 0.2) is 5.78 Å². The molecule has 6 heteroatoms. The zero-order valence-corrected chi connectivity index (χ0v) is 11.7. The number of aromatic nitrogens is 1. The van der Waals surface area contributed by atoms with Gasteiger partial charge in [0.25, 0.3) is 5.91 Å². The maximum Gasteiger partial charge on any atom is 0.323 e. The Bertz CT molecular complexity index is 574. The minimum atomic E-state index is -1.05. The van der Waals surface area contributed by atoms with E-state index in [0.29, 0.717) is 29.8 Å². The van der Waals surface area contributed by atoms with Crippen LogP contribution in [0.15, 0.2) is 0 Å². The van der Waals surface area contributed by atoms with Crippen molar-refractivity contribution in [3.63, 3.8) is 0 Å². The molecule has 1 amide bonds. The van der Waals surface area contributed by atoms with Gasteiger partial charge in [0, 0.05) is 24.2 Å². The molecule has 1 aliphatic carbocycles. The third-order valence-electron chi connectivity index (χ3n) is 3.65. The number of nitrogens with one attached hydrogen (secondary N) is 1. The fourth-order valence-electron chi connectivity index (χ4n) is 2.64. The fraction of sp³-hybridized carbons (Fsp3) is 0.500. The van der Waals surface area contributed by atoms with Crippen molar-refractivity contribution in [2.24, 2.45) is 0 Å². The van der Waals surface area contributed by atoms with E-state index < -0.39 is 5.97 Å². The fourth-order valence-corrected chi connectivity index (χ4v) is 2.64. The molecule has 108 valence electrons. The summed E-state index contributed by atoms with van der Waals surface area (Å²) in [4.78, 5) is 39.3. The van der Waals surface area contributed by atoms with Gasteiger partial charge in [0.1, 0.15) is 12.2 Å². The van der Waals surface area contributed by atoms with Crippen LogP contribution in [0.5, 0.6) is 0 Å². The lowest BCUT2D eigenvalue weighted by Crippen LogP contribution is -2.36. The summed E-state index contributed by atoms with van der Waals surface area (Å²) in [6.07, 6.45) is 2.04. The van der Waals surface area contributed by atoms with Crippen LogP contribution < -0.4 is 0 Å². The first kappa shape index (κ1) is 14.3. The molecule has 0 unspecified atom stereocenters. The van der Waals surface area contributed by atoms with E-state index in [2.05, 4.69) is 4.98 Å². The predicted octanol–water partition coefficient (Wildman–Crippen LogP) is 1.39. The van der Waals surface area contributed by atoms with Gasteiger partial charge in [-0.05, 0) is 32.3 Å². The number of aromatic amines is 1. The van der Waals surface area contributed by atoms with Crippen molar-refractivity contribution < 1.29 is 19.5 Å². The lowest BCUT2D eigenvalue weighted by atomic mass is 9.94. The highest BCUT2D eigenvalue weighted by molar-refractivity contribution is 6.04. The number of carbonyl (C=O) groups is 3. The van der Waals surface area contributed by atoms with Crippen LogP contribution in [0.2, 0.25) is 0 Å². The number of hydrogen-bond donors (Lipinski definition) is 2. The molecule has 0 aliphatic heterocycles. The van der Waals surface area contributed by atoms with E-state index >= 15 is 0 Å². The molecule has 0 saturated heterocycles. The maximum atomic E-state index is 12.4. The Hall–Kier alpha value is -2.11. The topological polar surface area (TPSA) is 90.5 Å². The van der Waals surface area contributed by atoms with Crippen LogP contribution in [-0.2, 0) is 11.2 Å². The van der Waals surface area contributed by atoms with Gasteiger partial charge in [-0.25, -0.2) is 0 Å². The molecule has 1 aromatic rings. The Kier molecular flexibility index (Phi) is 3.92. The standard InChI is InChI=1S/C14H18N2O4/c1-3-16(7-11(18)19)14(20)13-8(2)12-9(15-13)5-4-6-10(12)17/h15H,3-7H2,1-2H3,(H,18,19). The summed E-state index contributed by atoms with van der Waals surface area (Å²) in [5, 5.41) is 8.83. The van der Waals surface area contributed by atoms with Crippen molar-refractivity contribution >= 4 is 17.7 Å². The van der Waals surface area contributed by atoms with Crippen LogP contribution >= 0.6 is 0 Å². The molecule has 0 fully saturated rings. The Morgan fingerprint density at radius 3 is 2.60 bits per heavy atom. The summed E-state index contributed by atoms with van der Waals surface area (Å²) in [7, 11) is 0. The summed E-state index contributed by atoms with van der Waals surface area (Å²) in [5.41, 5.74) is 2.39. The van der Waals surface area contributed by atoms with E-state index in [1.807, 2.05) is 0 Å². The molecule has 1 aliphatic rings. The van der Waals surface area contributed by atoms with Crippen molar-refractivity contribution in [3.05, 3.63) is 22.5 Å². The number of carbonyl (C=O) groups excluding carboxylic acids is 2. The molecule has 1 heterocycles. The summed E-state index contributed by atoms with van der Waals surface area (Å²) >= 11 is 0. The van der Waals surface area contributed by atoms with Gasteiger partial charge in [0.05, 0.1) is 0 Å². The minimum absolute atomic E-state index is 0.0559. The lowest BCUT2D eigenvalue weighted by Gasteiger charge is -2.18. The van der Waals surface area contributed by atoms with Crippen molar-refractivity contribution in [2.45, 2.75) is 33.1 Å². The second kappa shape index (κ2) is 5.48. The van der Waals surface area contributed by atoms with Crippen LogP contribution in [0.4, 0.5) is 0 Å². The number of nitrogens with zero attached hydrogens (tertiary/aromatic N) is 1. The van der Waals surface area contributed by atoms with E-state index in [9.17, 15) is 14.4 Å². The second-order valence-electron chi connectivity index (χ2n) is 4.97. The number of aliphatic carboxylic acids is 1. The number of carboxylic acids is 1. The predicted molar refractivity (Wildman–Crippen MR) is 72.0 cm³/mol. The highest BCUT2D eigenvalue weighted by Crippen LogP contribution is 2.27. The molecule has 0 saturated carbocycles. The summed E-state index contributed by atoms with van der Waals surface area (Å²) in [6, 6.07) is 0. The van der Waals surface area contributed by atoms with Crippen molar-refractivity contribution in [1.29, 1.82) is 0 Å². The number of fused-ring (bicyclic) bond motifs is 1. The highest BCUT2D eigenvalue weighted by atomic mass is 16.4. The average molecular weight is 278 g/mol. The van der Waals surface area contributed by atoms with Crippen LogP contribution in [0.3, 0.4) is 0 Å². The highest BCUT2D eigenvalue weighted by Gasteiger charge is 2.28. The summed E-state index contributed by atoms with van der Waals surface area (Å²) in [5.74, 6) is -1.36. The largest absolute Gasteiger partial charge is 0.480 e. The van der Waals surface area contributed by atoms with Gasteiger partial charge in [0.2, 0.25) is 0 Å². The second-order valence-corrected chi connectivity index (χ2v) is 4.97. The number of likely N-dealkylation sites (N-methyl/N-ethyl adjacent to an activating group) is 1. The number of aryl methyl sites for hydroxylation is 1. The zero-order valence-electron chi connectivity index (χ0n) is 11.7. The third kappa shape index (κ3) is 2.45. The number of ketones is 1. The first-order chi connectivity index (χ1) is 9.45. The summed E-state index contributed by atoms with van der Waals surface area (Å²) < 4.78 is 0. The van der Waals surface area contributed by atoms with E-state index in [0.717, 1.165) is 18.5 Å². The van der Waals surface area contributed by atoms with E-state index in [-0.39, 0.29) is 18.2 Å². The number of hydrogen-bond acceptors (Lipinski definition) is 3. The van der Waals surface area contributed by atoms with Crippen LogP contribution in [0.1, 0.15) is 51.9 Å². The molecular formula is C14H18N2O4. The third-order valence-corrected chi connectivity index (χ3v) is 3.65. The summed E-state index contributed by atoms with van der Waals surface area (Å²) in [6.45, 7) is 3.43. The molecule has 0 atom stereocenters.